The second-order valence-electron chi connectivity index (χ2n) is 14.5. The molecule has 10 aromatic carbocycles. The molecule has 0 aliphatic heterocycles. The summed E-state index contributed by atoms with van der Waals surface area (Å²) in [5, 5.41) is 5.02. The molecule has 0 saturated carbocycles. The molecule has 1 nitrogen and oxygen atoms in total. The zero-order valence-corrected chi connectivity index (χ0v) is 31.5. The van der Waals surface area contributed by atoms with Gasteiger partial charge in [0.05, 0.1) is 0 Å². The summed E-state index contributed by atoms with van der Waals surface area (Å²) in [5.41, 5.74) is 15.4. The summed E-state index contributed by atoms with van der Waals surface area (Å²) in [4.78, 5) is 2.35. The summed E-state index contributed by atoms with van der Waals surface area (Å²) >= 11 is 0. The molecule has 0 aliphatic rings. The Hall–Kier alpha value is -7.48. The highest BCUT2D eigenvalue weighted by Crippen LogP contribution is 2.41. The van der Waals surface area contributed by atoms with E-state index in [-0.39, 0.29) is 0 Å². The van der Waals surface area contributed by atoms with Crippen LogP contribution >= 0.6 is 0 Å². The molecule has 0 unspecified atom stereocenters. The van der Waals surface area contributed by atoms with E-state index in [0.717, 1.165) is 17.1 Å². The summed E-state index contributed by atoms with van der Waals surface area (Å²) in [5.74, 6) is 0. The zero-order chi connectivity index (χ0) is 38.0. The van der Waals surface area contributed by atoms with Crippen molar-refractivity contribution >= 4 is 38.6 Å². The topological polar surface area (TPSA) is 3.24 Å². The molecule has 0 heterocycles. The first-order chi connectivity index (χ1) is 28.3. The smallest absolute Gasteiger partial charge is 0.0462 e. The maximum atomic E-state index is 2.35. The van der Waals surface area contributed by atoms with Crippen LogP contribution in [0.2, 0.25) is 0 Å². The standard InChI is InChI=1S/C56H39N/c1-3-13-40(14-4-1)41-25-32-48(33-26-41)57(50-36-29-46(30-37-50)52-23-11-19-43-17-7-9-21-51(43)52)49-34-27-42(28-35-49)47-31-38-55(56(39-47)45-15-5-2-6-16-45)54-24-12-20-44-18-8-10-22-53(44)54/h1-39H. The Kier molecular flexibility index (Phi) is 8.95. The van der Waals surface area contributed by atoms with Crippen LogP contribution in [0.15, 0.2) is 237 Å². The number of nitrogens with zero attached hydrogens (tertiary/aromatic N) is 1. The molecule has 0 saturated heterocycles. The van der Waals surface area contributed by atoms with Gasteiger partial charge in [-0.1, -0.05) is 194 Å². The molecule has 268 valence electrons. The first-order valence-corrected chi connectivity index (χ1v) is 19.6. The van der Waals surface area contributed by atoms with Gasteiger partial charge >= 0.3 is 0 Å². The highest BCUT2D eigenvalue weighted by Gasteiger charge is 2.16. The Morgan fingerprint density at radius 1 is 0.211 bits per heavy atom. The van der Waals surface area contributed by atoms with Crippen LogP contribution in [0, 0.1) is 0 Å². The van der Waals surface area contributed by atoms with Gasteiger partial charge in [0.25, 0.3) is 0 Å². The van der Waals surface area contributed by atoms with Crippen molar-refractivity contribution in [3.8, 4) is 55.6 Å². The predicted octanol–water partition coefficient (Wildman–Crippen LogP) is 15.8. The van der Waals surface area contributed by atoms with Crippen LogP contribution in [0.4, 0.5) is 17.1 Å². The number of fused-ring (bicyclic) bond motifs is 2. The molecule has 0 amide bonds. The second kappa shape index (κ2) is 15.0. The van der Waals surface area contributed by atoms with Crippen molar-refractivity contribution in [2.24, 2.45) is 0 Å². The van der Waals surface area contributed by atoms with Gasteiger partial charge in [-0.25, -0.2) is 0 Å². The third kappa shape index (κ3) is 6.66. The molecule has 0 spiro atoms. The summed E-state index contributed by atoms with van der Waals surface area (Å²) < 4.78 is 0. The number of benzene rings is 10. The lowest BCUT2D eigenvalue weighted by Gasteiger charge is -2.26. The van der Waals surface area contributed by atoms with Gasteiger partial charge in [0.1, 0.15) is 0 Å². The molecule has 57 heavy (non-hydrogen) atoms. The van der Waals surface area contributed by atoms with Gasteiger partial charge in [-0.05, 0) is 120 Å². The van der Waals surface area contributed by atoms with Crippen molar-refractivity contribution in [2.75, 3.05) is 4.90 Å². The molecular weight excluding hydrogens is 687 g/mol. The number of anilines is 3. The van der Waals surface area contributed by atoms with E-state index in [2.05, 4.69) is 241 Å². The van der Waals surface area contributed by atoms with E-state index in [0.29, 0.717) is 0 Å². The fraction of sp³-hybridized carbons (Fsp3) is 0. The molecule has 0 radical (unpaired) electrons. The molecule has 1 heteroatoms. The Morgan fingerprint density at radius 2 is 0.596 bits per heavy atom. The van der Waals surface area contributed by atoms with Crippen molar-refractivity contribution in [3.05, 3.63) is 237 Å². The van der Waals surface area contributed by atoms with Crippen LogP contribution < -0.4 is 4.90 Å². The van der Waals surface area contributed by atoms with Crippen LogP contribution in [0.5, 0.6) is 0 Å². The van der Waals surface area contributed by atoms with Crippen molar-refractivity contribution in [1.29, 1.82) is 0 Å². The SMILES string of the molecule is c1ccc(-c2ccc(N(c3ccc(-c4ccc(-c5cccc6ccccc56)c(-c5ccccc5)c4)cc3)c3ccc(-c4cccc5ccccc45)cc3)cc2)cc1. The van der Waals surface area contributed by atoms with Gasteiger partial charge in [-0.15, -0.1) is 0 Å². The van der Waals surface area contributed by atoms with Gasteiger partial charge in [-0.3, -0.25) is 0 Å². The first-order valence-electron chi connectivity index (χ1n) is 19.6. The zero-order valence-electron chi connectivity index (χ0n) is 31.5. The van der Waals surface area contributed by atoms with Crippen molar-refractivity contribution < 1.29 is 0 Å². The predicted molar refractivity (Wildman–Crippen MR) is 243 cm³/mol. The summed E-state index contributed by atoms with van der Waals surface area (Å²) in [6.45, 7) is 0. The highest BCUT2D eigenvalue weighted by atomic mass is 15.1. The molecule has 10 aromatic rings. The van der Waals surface area contributed by atoms with Gasteiger partial charge in [0, 0.05) is 17.1 Å². The largest absolute Gasteiger partial charge is 0.311 e. The molecule has 0 aromatic heterocycles. The van der Waals surface area contributed by atoms with E-state index in [9.17, 15) is 0 Å². The van der Waals surface area contributed by atoms with E-state index in [1.54, 1.807) is 0 Å². The fourth-order valence-electron chi connectivity index (χ4n) is 8.23. The number of hydrogen-bond acceptors (Lipinski definition) is 1. The van der Waals surface area contributed by atoms with Gasteiger partial charge in [-0.2, -0.15) is 0 Å². The van der Waals surface area contributed by atoms with E-state index < -0.39 is 0 Å². The van der Waals surface area contributed by atoms with Crippen molar-refractivity contribution in [2.45, 2.75) is 0 Å². The van der Waals surface area contributed by atoms with E-state index in [1.807, 2.05) is 0 Å². The third-order valence-corrected chi connectivity index (χ3v) is 11.1. The minimum absolute atomic E-state index is 1.10. The molecule has 10 rings (SSSR count). The Morgan fingerprint density at radius 3 is 1.18 bits per heavy atom. The molecule has 0 bridgehead atoms. The van der Waals surface area contributed by atoms with Crippen LogP contribution in [-0.4, -0.2) is 0 Å². The van der Waals surface area contributed by atoms with E-state index in [1.165, 1.54) is 77.2 Å². The minimum atomic E-state index is 1.10. The molecule has 0 atom stereocenters. The number of rotatable bonds is 8. The minimum Gasteiger partial charge on any atom is -0.311 e. The lowest BCUT2D eigenvalue weighted by atomic mass is 9.89. The summed E-state index contributed by atoms with van der Waals surface area (Å²) in [6.07, 6.45) is 0. The second-order valence-corrected chi connectivity index (χ2v) is 14.5. The Labute approximate surface area is 334 Å². The van der Waals surface area contributed by atoms with Crippen LogP contribution in [0.3, 0.4) is 0 Å². The van der Waals surface area contributed by atoms with E-state index >= 15 is 0 Å². The van der Waals surface area contributed by atoms with Crippen molar-refractivity contribution in [1.82, 2.24) is 0 Å². The quantitative estimate of drug-likeness (QED) is 0.151. The Balaban J connectivity index is 1.04. The van der Waals surface area contributed by atoms with Crippen LogP contribution in [0.25, 0.3) is 77.2 Å². The molecular formula is C56H39N. The number of hydrogen-bond donors (Lipinski definition) is 0. The fourth-order valence-corrected chi connectivity index (χ4v) is 8.23. The molecule has 0 N–H and O–H groups in total. The van der Waals surface area contributed by atoms with Gasteiger partial charge in [0.2, 0.25) is 0 Å². The first kappa shape index (κ1) is 34.0. The maximum absolute atomic E-state index is 2.35. The highest BCUT2D eigenvalue weighted by molar-refractivity contribution is 6.01. The third-order valence-electron chi connectivity index (χ3n) is 11.1. The lowest BCUT2D eigenvalue weighted by Crippen LogP contribution is -2.09. The van der Waals surface area contributed by atoms with Crippen LogP contribution in [-0.2, 0) is 0 Å². The van der Waals surface area contributed by atoms with Gasteiger partial charge in [0.15, 0.2) is 0 Å². The lowest BCUT2D eigenvalue weighted by molar-refractivity contribution is 1.28. The van der Waals surface area contributed by atoms with Gasteiger partial charge < -0.3 is 4.90 Å². The normalized spacial score (nSPS) is 11.2. The molecule has 0 fully saturated rings. The summed E-state index contributed by atoms with van der Waals surface area (Å²) in [6, 6.07) is 85.6. The van der Waals surface area contributed by atoms with Crippen molar-refractivity contribution in [3.63, 3.8) is 0 Å². The summed E-state index contributed by atoms with van der Waals surface area (Å²) in [7, 11) is 0. The molecule has 0 aliphatic carbocycles. The average Bonchev–Trinajstić information content (AvgIpc) is 3.30. The maximum Gasteiger partial charge on any atom is 0.0462 e. The average molecular weight is 726 g/mol. The van der Waals surface area contributed by atoms with Crippen LogP contribution in [0.1, 0.15) is 0 Å². The monoisotopic (exact) mass is 725 g/mol. The Bertz CT molecular complexity index is 2950. The van der Waals surface area contributed by atoms with E-state index in [4.69, 9.17) is 0 Å².